The van der Waals surface area contributed by atoms with Gasteiger partial charge in [-0.1, -0.05) is 30.3 Å². The van der Waals surface area contributed by atoms with Gasteiger partial charge in [-0.2, -0.15) is 0 Å². The average Bonchev–Trinajstić information content (AvgIpc) is 3.05. The summed E-state index contributed by atoms with van der Waals surface area (Å²) in [6, 6.07) is 16.6. The van der Waals surface area contributed by atoms with Crippen LogP contribution in [0.1, 0.15) is 73.1 Å². The number of rotatable bonds is 6. The van der Waals surface area contributed by atoms with Gasteiger partial charge in [0.1, 0.15) is 11.9 Å². The number of benzene rings is 2. The molecule has 1 N–H and O–H groups in total. The van der Waals surface area contributed by atoms with Crippen LogP contribution in [-0.4, -0.2) is 24.0 Å². The molecule has 168 valence electrons. The number of amides is 1. The third kappa shape index (κ3) is 3.26. The van der Waals surface area contributed by atoms with Crippen LogP contribution in [0.25, 0.3) is 0 Å². The van der Waals surface area contributed by atoms with Crippen LogP contribution in [0.4, 0.5) is 0 Å². The Morgan fingerprint density at radius 2 is 1.62 bits per heavy atom. The summed E-state index contributed by atoms with van der Waals surface area (Å²) < 4.78 is 5.31. The summed E-state index contributed by atoms with van der Waals surface area (Å²) in [6.45, 7) is 2.99. The molecule has 0 aromatic heterocycles. The highest BCUT2D eigenvalue weighted by Crippen LogP contribution is 2.61. The number of nitrogens with zero attached hydrogens (tertiary/aromatic N) is 1. The lowest BCUT2D eigenvalue weighted by Gasteiger charge is -2.59. The minimum absolute atomic E-state index is 0.0659. The van der Waals surface area contributed by atoms with Gasteiger partial charge in [-0.15, -0.1) is 0 Å². The molecule has 0 spiro atoms. The first-order valence-electron chi connectivity index (χ1n) is 12.3. The van der Waals surface area contributed by atoms with E-state index >= 15 is 0 Å². The zero-order valence-corrected chi connectivity index (χ0v) is 19.2. The van der Waals surface area contributed by atoms with Gasteiger partial charge in [-0.3, -0.25) is 10.1 Å². The second-order valence-electron chi connectivity index (χ2n) is 10.9. The van der Waals surface area contributed by atoms with Crippen molar-refractivity contribution in [2.75, 3.05) is 7.11 Å². The summed E-state index contributed by atoms with van der Waals surface area (Å²) in [4.78, 5) is 15.5. The molecule has 0 unspecified atom stereocenters. The van der Waals surface area contributed by atoms with Crippen LogP contribution in [0.3, 0.4) is 0 Å². The minimum atomic E-state index is -0.0659. The van der Waals surface area contributed by atoms with Crippen LogP contribution in [0.15, 0.2) is 48.5 Å². The lowest BCUT2D eigenvalue weighted by molar-refractivity contribution is -0.0752. The Morgan fingerprint density at radius 1 is 1.00 bits per heavy atom. The summed E-state index contributed by atoms with van der Waals surface area (Å²) >= 11 is 0. The molecule has 0 saturated heterocycles. The maximum atomic E-state index is 13.4. The third-order valence-corrected chi connectivity index (χ3v) is 8.98. The molecule has 4 saturated carbocycles. The van der Waals surface area contributed by atoms with Crippen molar-refractivity contribution < 1.29 is 9.53 Å². The van der Waals surface area contributed by atoms with Crippen LogP contribution < -0.4 is 10.1 Å². The summed E-state index contributed by atoms with van der Waals surface area (Å²) in [5.41, 5.74) is 3.50. The Balaban J connectivity index is 1.28. The Labute approximate surface area is 191 Å². The van der Waals surface area contributed by atoms with Crippen LogP contribution in [0, 0.1) is 23.2 Å². The maximum Gasteiger partial charge on any atom is 0.256 e. The van der Waals surface area contributed by atoms with Crippen LogP contribution in [-0.2, 0) is 6.54 Å². The van der Waals surface area contributed by atoms with E-state index in [4.69, 9.17) is 4.74 Å². The zero-order chi connectivity index (χ0) is 21.9. The normalized spacial score (nSPS) is 33.4. The molecule has 4 heteroatoms. The highest BCUT2D eigenvalue weighted by Gasteiger charge is 2.54. The molecule has 4 bridgehead atoms. The van der Waals surface area contributed by atoms with Crippen LogP contribution in [0.2, 0.25) is 0 Å². The smallest absolute Gasteiger partial charge is 0.256 e. The number of methoxy groups -OCH3 is 1. The van der Waals surface area contributed by atoms with Crippen molar-refractivity contribution in [3.05, 3.63) is 65.2 Å². The van der Waals surface area contributed by atoms with Gasteiger partial charge < -0.3 is 9.64 Å². The first-order valence-corrected chi connectivity index (χ1v) is 12.3. The SMILES string of the molecule is COc1ccc(CN2C(=O)c3ccccc3[C@H]2N[C@@H](C)C23CC4CC(CC(C4)C2)C3)cc1. The molecule has 4 fully saturated rings. The summed E-state index contributed by atoms with van der Waals surface area (Å²) in [7, 11) is 1.68. The van der Waals surface area contributed by atoms with E-state index in [-0.39, 0.29) is 12.1 Å². The number of hydrogen-bond acceptors (Lipinski definition) is 3. The number of ether oxygens (including phenoxy) is 1. The van der Waals surface area contributed by atoms with E-state index in [1.54, 1.807) is 7.11 Å². The van der Waals surface area contributed by atoms with E-state index in [0.29, 0.717) is 18.0 Å². The number of carbonyl (C=O) groups excluding carboxylic acids is 1. The fourth-order valence-electron chi connectivity index (χ4n) is 7.76. The standard InChI is InChI=1S/C28H34N2O2/c1-18(28-14-20-11-21(15-28)13-22(12-20)16-28)29-26-24-5-3-4-6-25(24)27(31)30(26)17-19-7-9-23(32-2)10-8-19/h3-10,18,20-22,26,29H,11-17H2,1-2H3/t18-,20?,21?,22?,26-,28?/m0/s1. The number of nitrogens with one attached hydrogen (secondary N) is 1. The Kier molecular flexibility index (Phi) is 4.83. The van der Waals surface area contributed by atoms with Gasteiger partial charge in [0.05, 0.1) is 7.11 Å². The first-order chi connectivity index (χ1) is 15.5. The van der Waals surface area contributed by atoms with Crippen molar-refractivity contribution in [2.45, 2.75) is 64.2 Å². The van der Waals surface area contributed by atoms with E-state index < -0.39 is 0 Å². The van der Waals surface area contributed by atoms with Gasteiger partial charge in [0, 0.05) is 23.7 Å². The predicted molar refractivity (Wildman–Crippen MR) is 125 cm³/mol. The summed E-state index contributed by atoms with van der Waals surface area (Å²) in [5, 5.41) is 4.00. The van der Waals surface area contributed by atoms with Crippen molar-refractivity contribution in [3.8, 4) is 5.75 Å². The van der Waals surface area contributed by atoms with Gasteiger partial charge >= 0.3 is 0 Å². The molecule has 32 heavy (non-hydrogen) atoms. The highest BCUT2D eigenvalue weighted by atomic mass is 16.5. The average molecular weight is 431 g/mol. The second-order valence-corrected chi connectivity index (χ2v) is 10.9. The quantitative estimate of drug-likeness (QED) is 0.654. The molecule has 4 aliphatic carbocycles. The molecule has 1 heterocycles. The molecule has 2 atom stereocenters. The van der Waals surface area contributed by atoms with E-state index in [2.05, 4.69) is 36.5 Å². The Morgan fingerprint density at radius 3 is 2.25 bits per heavy atom. The van der Waals surface area contributed by atoms with Crippen LogP contribution in [0.5, 0.6) is 5.75 Å². The maximum absolute atomic E-state index is 13.4. The zero-order valence-electron chi connectivity index (χ0n) is 19.2. The van der Waals surface area contributed by atoms with Crippen LogP contribution >= 0.6 is 0 Å². The molecule has 5 aliphatic rings. The molecule has 4 nitrogen and oxygen atoms in total. The molecule has 0 radical (unpaired) electrons. The summed E-state index contributed by atoms with van der Waals surface area (Å²) in [6.07, 6.45) is 8.42. The molecule has 2 aromatic carbocycles. The van der Waals surface area contributed by atoms with Gasteiger partial charge in [0.15, 0.2) is 0 Å². The van der Waals surface area contributed by atoms with E-state index in [9.17, 15) is 4.79 Å². The van der Waals surface area contributed by atoms with Gasteiger partial charge in [-0.05, 0) is 92.4 Å². The van der Waals surface area contributed by atoms with E-state index in [1.165, 1.54) is 38.5 Å². The highest BCUT2D eigenvalue weighted by molar-refractivity contribution is 5.99. The van der Waals surface area contributed by atoms with Crippen molar-refractivity contribution in [3.63, 3.8) is 0 Å². The second kappa shape index (κ2) is 7.62. The molecule has 7 rings (SSSR count). The van der Waals surface area contributed by atoms with Gasteiger partial charge in [0.2, 0.25) is 0 Å². The van der Waals surface area contributed by atoms with Crippen molar-refractivity contribution in [1.82, 2.24) is 10.2 Å². The molecular weight excluding hydrogens is 396 g/mol. The Hall–Kier alpha value is -2.33. The monoisotopic (exact) mass is 430 g/mol. The van der Waals surface area contributed by atoms with Crippen molar-refractivity contribution in [1.29, 1.82) is 0 Å². The third-order valence-electron chi connectivity index (χ3n) is 8.98. The lowest BCUT2D eigenvalue weighted by atomic mass is 9.48. The van der Waals surface area contributed by atoms with E-state index in [1.807, 2.05) is 29.2 Å². The first kappa shape index (κ1) is 20.3. The largest absolute Gasteiger partial charge is 0.497 e. The predicted octanol–water partition coefficient (Wildman–Crippen LogP) is 5.54. The number of hydrogen-bond donors (Lipinski definition) is 1. The fourth-order valence-corrected chi connectivity index (χ4v) is 7.76. The van der Waals surface area contributed by atoms with Gasteiger partial charge in [0.25, 0.3) is 5.91 Å². The minimum Gasteiger partial charge on any atom is -0.497 e. The molecule has 1 amide bonds. The Bertz CT molecular complexity index is 979. The van der Waals surface area contributed by atoms with Crippen molar-refractivity contribution >= 4 is 5.91 Å². The topological polar surface area (TPSA) is 41.6 Å². The molecular formula is C28H34N2O2. The molecule has 1 aliphatic heterocycles. The molecule has 2 aromatic rings. The summed E-state index contributed by atoms with van der Waals surface area (Å²) in [5.74, 6) is 3.76. The van der Waals surface area contributed by atoms with Gasteiger partial charge in [-0.25, -0.2) is 0 Å². The number of carbonyl (C=O) groups is 1. The fraction of sp³-hybridized carbons (Fsp3) is 0.536. The lowest BCUT2D eigenvalue weighted by Crippen LogP contribution is -2.56. The van der Waals surface area contributed by atoms with Crippen molar-refractivity contribution in [2.24, 2.45) is 23.2 Å². The number of fused-ring (bicyclic) bond motifs is 1. The van der Waals surface area contributed by atoms with E-state index in [0.717, 1.165) is 40.2 Å².